The van der Waals surface area contributed by atoms with Gasteiger partial charge in [-0.15, -0.1) is 0 Å². The van der Waals surface area contributed by atoms with E-state index >= 15 is 0 Å². The van der Waals surface area contributed by atoms with Crippen LogP contribution in [0, 0.1) is 0 Å². The molecule has 2 aromatic carbocycles. The van der Waals surface area contributed by atoms with Gasteiger partial charge in [0.1, 0.15) is 0 Å². The summed E-state index contributed by atoms with van der Waals surface area (Å²) in [7, 11) is -1.71. The van der Waals surface area contributed by atoms with Gasteiger partial charge in [0.2, 0.25) is 10.0 Å². The number of rotatable bonds is 6. The Labute approximate surface area is 126 Å². The van der Waals surface area contributed by atoms with Gasteiger partial charge >= 0.3 is 0 Å². The minimum atomic E-state index is -3.32. The lowest BCUT2D eigenvalue weighted by atomic mass is 10.2. The highest BCUT2D eigenvalue weighted by Gasteiger charge is 2.18. The van der Waals surface area contributed by atoms with Gasteiger partial charge < -0.3 is 5.73 Å². The Kier molecular flexibility index (Phi) is 4.98. The number of sulfonamides is 1. The summed E-state index contributed by atoms with van der Waals surface area (Å²) in [6.45, 7) is 0.467. The van der Waals surface area contributed by atoms with Crippen molar-refractivity contribution >= 4 is 15.7 Å². The van der Waals surface area contributed by atoms with Gasteiger partial charge in [0, 0.05) is 19.3 Å². The van der Waals surface area contributed by atoms with Gasteiger partial charge in [-0.05, 0) is 29.7 Å². The van der Waals surface area contributed by atoms with Crippen molar-refractivity contribution in [3.05, 3.63) is 65.7 Å². The van der Waals surface area contributed by atoms with E-state index in [4.69, 9.17) is 5.73 Å². The van der Waals surface area contributed by atoms with Crippen LogP contribution in [0.25, 0.3) is 0 Å². The highest BCUT2D eigenvalue weighted by molar-refractivity contribution is 7.88. The smallest absolute Gasteiger partial charge is 0.218 e. The first kappa shape index (κ1) is 15.5. The first-order chi connectivity index (χ1) is 9.97. The fourth-order valence-corrected chi connectivity index (χ4v) is 3.26. The summed E-state index contributed by atoms with van der Waals surface area (Å²) in [5.74, 6) is -0.0245. The summed E-state index contributed by atoms with van der Waals surface area (Å²) in [6.07, 6.45) is 0.702. The van der Waals surface area contributed by atoms with E-state index in [2.05, 4.69) is 0 Å². The number of benzene rings is 2. The molecular formula is C16H20N2O2S. The summed E-state index contributed by atoms with van der Waals surface area (Å²) in [4.78, 5) is 0. The van der Waals surface area contributed by atoms with Gasteiger partial charge in [-0.1, -0.05) is 42.5 Å². The Morgan fingerprint density at radius 2 is 1.67 bits per heavy atom. The van der Waals surface area contributed by atoms with Crippen LogP contribution in [0.5, 0.6) is 0 Å². The van der Waals surface area contributed by atoms with Crippen LogP contribution in [-0.4, -0.2) is 26.3 Å². The number of nitrogen functional groups attached to an aromatic ring is 1. The molecule has 2 aromatic rings. The molecule has 0 radical (unpaired) electrons. The summed E-state index contributed by atoms with van der Waals surface area (Å²) >= 11 is 0. The van der Waals surface area contributed by atoms with Crippen molar-refractivity contribution in [2.75, 3.05) is 19.3 Å². The van der Waals surface area contributed by atoms with Crippen LogP contribution in [0.1, 0.15) is 11.1 Å². The maximum atomic E-state index is 12.3. The Hall–Kier alpha value is -1.85. The zero-order chi connectivity index (χ0) is 15.3. The lowest BCUT2D eigenvalue weighted by Gasteiger charge is -2.17. The van der Waals surface area contributed by atoms with Gasteiger partial charge in [-0.25, -0.2) is 12.7 Å². The van der Waals surface area contributed by atoms with Crippen LogP contribution in [0.3, 0.4) is 0 Å². The minimum absolute atomic E-state index is 0.0245. The highest BCUT2D eigenvalue weighted by atomic mass is 32.2. The van der Waals surface area contributed by atoms with E-state index < -0.39 is 10.0 Å². The standard InChI is InChI=1S/C16H20N2O2S/c1-18(11-10-14-6-3-2-4-7-14)21(19,20)13-15-8-5-9-16(17)12-15/h2-9,12H,10-11,13,17H2,1H3. The molecule has 0 aliphatic heterocycles. The summed E-state index contributed by atoms with van der Waals surface area (Å²) < 4.78 is 26.0. The first-order valence-corrected chi connectivity index (χ1v) is 8.41. The van der Waals surface area contributed by atoms with Crippen molar-refractivity contribution in [1.29, 1.82) is 0 Å². The van der Waals surface area contributed by atoms with Crippen molar-refractivity contribution in [3.8, 4) is 0 Å². The zero-order valence-electron chi connectivity index (χ0n) is 12.1. The number of nitrogens with two attached hydrogens (primary N) is 1. The molecule has 0 aliphatic rings. The fourth-order valence-electron chi connectivity index (χ4n) is 2.07. The molecule has 0 atom stereocenters. The average Bonchev–Trinajstić information content (AvgIpc) is 2.45. The van der Waals surface area contributed by atoms with Crippen LogP contribution in [-0.2, 0) is 22.2 Å². The van der Waals surface area contributed by atoms with Crippen LogP contribution >= 0.6 is 0 Å². The molecule has 112 valence electrons. The average molecular weight is 304 g/mol. The third-order valence-corrected chi connectivity index (χ3v) is 5.16. The quantitative estimate of drug-likeness (QED) is 0.833. The second-order valence-electron chi connectivity index (χ2n) is 5.06. The van der Waals surface area contributed by atoms with Crippen LogP contribution in [0.2, 0.25) is 0 Å². The molecule has 0 saturated carbocycles. The summed E-state index contributed by atoms with van der Waals surface area (Å²) in [5, 5.41) is 0. The molecule has 4 nitrogen and oxygen atoms in total. The third kappa shape index (κ3) is 4.58. The predicted molar refractivity (Wildman–Crippen MR) is 86.3 cm³/mol. The minimum Gasteiger partial charge on any atom is -0.399 e. The molecule has 2 rings (SSSR count). The van der Waals surface area contributed by atoms with E-state index in [9.17, 15) is 8.42 Å². The second-order valence-corrected chi connectivity index (χ2v) is 7.13. The van der Waals surface area contributed by atoms with E-state index in [1.165, 1.54) is 4.31 Å². The van der Waals surface area contributed by atoms with Gasteiger partial charge in [-0.3, -0.25) is 0 Å². The maximum Gasteiger partial charge on any atom is 0.218 e. The number of anilines is 1. The maximum absolute atomic E-state index is 12.3. The summed E-state index contributed by atoms with van der Waals surface area (Å²) in [6, 6.07) is 16.8. The molecule has 0 heterocycles. The van der Waals surface area contributed by atoms with E-state index in [1.54, 1.807) is 31.3 Å². The largest absolute Gasteiger partial charge is 0.399 e. The van der Waals surface area contributed by atoms with Crippen LogP contribution < -0.4 is 5.73 Å². The van der Waals surface area contributed by atoms with E-state index in [0.29, 0.717) is 24.2 Å². The molecule has 0 unspecified atom stereocenters. The predicted octanol–water partition coefficient (Wildman–Crippen LogP) is 2.27. The van der Waals surface area contributed by atoms with Crippen molar-refractivity contribution in [2.45, 2.75) is 12.2 Å². The molecule has 5 heteroatoms. The Morgan fingerprint density at radius 3 is 2.33 bits per heavy atom. The monoisotopic (exact) mass is 304 g/mol. The van der Waals surface area contributed by atoms with E-state index in [0.717, 1.165) is 5.56 Å². The van der Waals surface area contributed by atoms with Gasteiger partial charge in [0.25, 0.3) is 0 Å². The molecule has 0 saturated heterocycles. The van der Waals surface area contributed by atoms with Crippen LogP contribution in [0.4, 0.5) is 5.69 Å². The normalized spacial score (nSPS) is 11.7. The fraction of sp³-hybridized carbons (Fsp3) is 0.250. The number of hydrogen-bond acceptors (Lipinski definition) is 3. The third-order valence-electron chi connectivity index (χ3n) is 3.33. The van der Waals surface area contributed by atoms with E-state index in [-0.39, 0.29) is 5.75 Å². The van der Waals surface area contributed by atoms with Crippen molar-refractivity contribution in [2.24, 2.45) is 0 Å². The summed E-state index contributed by atoms with van der Waals surface area (Å²) in [5.41, 5.74) is 8.10. The Bertz CT molecular complexity index is 684. The Balaban J connectivity index is 1.98. The molecule has 2 N–H and O–H groups in total. The molecule has 0 aliphatic carbocycles. The molecular weight excluding hydrogens is 284 g/mol. The van der Waals surface area contributed by atoms with Crippen LogP contribution in [0.15, 0.2) is 54.6 Å². The molecule has 0 aromatic heterocycles. The zero-order valence-corrected chi connectivity index (χ0v) is 12.9. The van der Waals surface area contributed by atoms with E-state index in [1.807, 2.05) is 30.3 Å². The molecule has 0 bridgehead atoms. The molecule has 0 amide bonds. The lowest BCUT2D eigenvalue weighted by molar-refractivity contribution is 0.471. The van der Waals surface area contributed by atoms with Crippen molar-refractivity contribution in [3.63, 3.8) is 0 Å². The van der Waals surface area contributed by atoms with Gasteiger partial charge in [-0.2, -0.15) is 0 Å². The number of likely N-dealkylation sites (N-methyl/N-ethyl adjacent to an activating group) is 1. The Morgan fingerprint density at radius 1 is 1.00 bits per heavy atom. The SMILES string of the molecule is CN(CCc1ccccc1)S(=O)(=O)Cc1cccc(N)c1. The van der Waals surface area contributed by atoms with Crippen molar-refractivity contribution in [1.82, 2.24) is 4.31 Å². The van der Waals surface area contributed by atoms with Gasteiger partial charge in [0.15, 0.2) is 0 Å². The highest BCUT2D eigenvalue weighted by Crippen LogP contribution is 2.13. The van der Waals surface area contributed by atoms with Gasteiger partial charge in [0.05, 0.1) is 5.75 Å². The number of hydrogen-bond donors (Lipinski definition) is 1. The first-order valence-electron chi connectivity index (χ1n) is 6.80. The lowest BCUT2D eigenvalue weighted by Crippen LogP contribution is -2.30. The molecule has 0 spiro atoms. The second kappa shape index (κ2) is 6.74. The number of nitrogens with zero attached hydrogens (tertiary/aromatic N) is 1. The molecule has 21 heavy (non-hydrogen) atoms. The molecule has 0 fully saturated rings. The topological polar surface area (TPSA) is 63.4 Å². The van der Waals surface area contributed by atoms with Crippen molar-refractivity contribution < 1.29 is 8.42 Å².